The van der Waals surface area contributed by atoms with Crippen molar-refractivity contribution in [3.8, 4) is 17.1 Å². The third-order valence-corrected chi connectivity index (χ3v) is 6.59. The number of rotatable bonds is 5. The van der Waals surface area contributed by atoms with Gasteiger partial charge < -0.3 is 15.4 Å². The molecule has 0 bridgehead atoms. The van der Waals surface area contributed by atoms with E-state index in [9.17, 15) is 4.79 Å². The van der Waals surface area contributed by atoms with Crippen LogP contribution in [0.4, 0.5) is 11.6 Å². The highest BCUT2D eigenvalue weighted by Crippen LogP contribution is 2.41. The summed E-state index contributed by atoms with van der Waals surface area (Å²) in [6, 6.07) is 21.4. The molecule has 2 heterocycles. The van der Waals surface area contributed by atoms with Crippen LogP contribution in [-0.4, -0.2) is 27.8 Å². The maximum atomic E-state index is 13.6. The van der Waals surface area contributed by atoms with E-state index in [1.165, 1.54) is 0 Å². The molecule has 1 aromatic heterocycles. The number of carbonyl (C=O) groups excluding carboxylic acids is 1. The van der Waals surface area contributed by atoms with Gasteiger partial charge in [-0.3, -0.25) is 4.79 Å². The van der Waals surface area contributed by atoms with Crippen molar-refractivity contribution in [3.05, 3.63) is 99.7 Å². The minimum absolute atomic E-state index is 0.283. The van der Waals surface area contributed by atoms with Crippen LogP contribution in [0.15, 0.2) is 84.1 Å². The second-order valence-corrected chi connectivity index (χ2v) is 8.75. The average molecular weight is 506 g/mol. The fourth-order valence-electron chi connectivity index (χ4n) is 4.05. The Hall–Kier alpha value is -3.81. The number of methoxy groups -OCH3 is 1. The van der Waals surface area contributed by atoms with Gasteiger partial charge in [-0.2, -0.15) is 4.98 Å². The summed E-state index contributed by atoms with van der Waals surface area (Å²) in [7, 11) is 1.61. The van der Waals surface area contributed by atoms with Crippen LogP contribution in [0.25, 0.3) is 11.4 Å². The third kappa shape index (κ3) is 4.36. The maximum absolute atomic E-state index is 13.6. The van der Waals surface area contributed by atoms with E-state index in [1.54, 1.807) is 23.9 Å². The van der Waals surface area contributed by atoms with E-state index in [2.05, 4.69) is 10.6 Å². The zero-order valence-electron chi connectivity index (χ0n) is 18.9. The molecule has 176 valence electrons. The molecule has 0 saturated heterocycles. The molecule has 1 atom stereocenters. The van der Waals surface area contributed by atoms with Gasteiger partial charge in [-0.1, -0.05) is 53.5 Å². The Kier molecular flexibility index (Phi) is 6.19. The molecular formula is C26H21Cl2N5O2. The first-order valence-electron chi connectivity index (χ1n) is 10.9. The molecule has 1 aliphatic rings. The predicted molar refractivity (Wildman–Crippen MR) is 138 cm³/mol. The molecule has 1 amide bonds. The Morgan fingerprint density at radius 3 is 2.49 bits per heavy atom. The van der Waals surface area contributed by atoms with Crippen molar-refractivity contribution >= 4 is 40.7 Å². The highest BCUT2D eigenvalue weighted by atomic mass is 35.5. The molecule has 5 rings (SSSR count). The predicted octanol–water partition coefficient (Wildman–Crippen LogP) is 6.19. The van der Waals surface area contributed by atoms with E-state index in [4.69, 9.17) is 38.0 Å². The summed E-state index contributed by atoms with van der Waals surface area (Å²) in [4.78, 5) is 18.2. The molecule has 3 aromatic carbocycles. The average Bonchev–Trinajstić information content (AvgIpc) is 3.29. The molecular weight excluding hydrogens is 485 g/mol. The monoisotopic (exact) mass is 505 g/mol. The number of anilines is 2. The van der Waals surface area contributed by atoms with E-state index >= 15 is 0 Å². The Bertz CT molecular complexity index is 1430. The first kappa shape index (κ1) is 23.0. The van der Waals surface area contributed by atoms with Crippen LogP contribution in [0.1, 0.15) is 18.5 Å². The summed E-state index contributed by atoms with van der Waals surface area (Å²) in [5.41, 5.74) is 3.22. The van der Waals surface area contributed by atoms with Gasteiger partial charge in [-0.05, 0) is 49.4 Å². The number of nitrogens with one attached hydrogen (secondary N) is 2. The topological polar surface area (TPSA) is 81.1 Å². The second kappa shape index (κ2) is 9.44. The summed E-state index contributed by atoms with van der Waals surface area (Å²) in [5, 5.41) is 11.7. The molecule has 0 radical (unpaired) electrons. The van der Waals surface area contributed by atoms with Crippen LogP contribution < -0.4 is 15.4 Å². The fraction of sp³-hybridized carbons (Fsp3) is 0.115. The van der Waals surface area contributed by atoms with Crippen LogP contribution >= 0.6 is 23.2 Å². The van der Waals surface area contributed by atoms with Gasteiger partial charge in [0.1, 0.15) is 11.8 Å². The Morgan fingerprint density at radius 2 is 1.77 bits per heavy atom. The van der Waals surface area contributed by atoms with Gasteiger partial charge in [0, 0.05) is 22.5 Å². The summed E-state index contributed by atoms with van der Waals surface area (Å²) in [6.07, 6.45) is 0. The summed E-state index contributed by atoms with van der Waals surface area (Å²) >= 11 is 13.0. The lowest BCUT2D eigenvalue weighted by Gasteiger charge is -2.29. The van der Waals surface area contributed by atoms with Crippen molar-refractivity contribution in [2.75, 3.05) is 17.7 Å². The molecule has 1 aliphatic heterocycles. The number of amides is 1. The number of ether oxygens (including phenoxy) is 1. The fourth-order valence-corrected chi connectivity index (χ4v) is 4.46. The van der Waals surface area contributed by atoms with Gasteiger partial charge in [0.05, 0.1) is 22.7 Å². The lowest BCUT2D eigenvalue weighted by atomic mass is 9.95. The number of halogens is 2. The number of carbonyl (C=O) groups is 1. The van der Waals surface area contributed by atoms with E-state index in [-0.39, 0.29) is 5.91 Å². The summed E-state index contributed by atoms with van der Waals surface area (Å²) < 4.78 is 6.92. The Morgan fingerprint density at radius 1 is 1.03 bits per heavy atom. The van der Waals surface area contributed by atoms with Crippen molar-refractivity contribution in [1.29, 1.82) is 0 Å². The quantitative estimate of drug-likeness (QED) is 0.338. The van der Waals surface area contributed by atoms with Crippen LogP contribution in [0, 0.1) is 0 Å². The zero-order valence-corrected chi connectivity index (χ0v) is 20.4. The van der Waals surface area contributed by atoms with Crippen LogP contribution in [-0.2, 0) is 4.79 Å². The maximum Gasteiger partial charge on any atom is 0.255 e. The number of hydrogen-bond donors (Lipinski definition) is 2. The third-order valence-electron chi connectivity index (χ3n) is 5.75. The molecule has 9 heteroatoms. The molecule has 35 heavy (non-hydrogen) atoms. The molecule has 4 aromatic rings. The highest BCUT2D eigenvalue weighted by molar-refractivity contribution is 6.42. The van der Waals surface area contributed by atoms with Crippen molar-refractivity contribution in [3.63, 3.8) is 0 Å². The van der Waals surface area contributed by atoms with Crippen molar-refractivity contribution in [2.45, 2.75) is 13.0 Å². The molecule has 7 nitrogen and oxygen atoms in total. The van der Waals surface area contributed by atoms with Gasteiger partial charge in [0.2, 0.25) is 5.95 Å². The standard InChI is InChI=1S/C26H21Cl2N5O2/c1-15-21(25(34)30-17-7-4-3-5-8-17)23(19-9-6-10-20(27)22(19)28)33-26(29-15)31-24(32-33)16-11-13-18(35-2)14-12-16/h3-14,23H,1-2H3,(H,30,34)(H,29,31,32). The summed E-state index contributed by atoms with van der Waals surface area (Å²) in [6.45, 7) is 1.83. The SMILES string of the molecule is COc1ccc(-c2nc3n(n2)C(c2cccc(Cl)c2Cl)C(C(=O)Nc2ccccc2)=C(C)N3)cc1. The van der Waals surface area contributed by atoms with E-state index in [0.717, 1.165) is 11.3 Å². The van der Waals surface area contributed by atoms with Gasteiger partial charge in [0.15, 0.2) is 5.82 Å². The van der Waals surface area contributed by atoms with Gasteiger partial charge in [0.25, 0.3) is 5.91 Å². The van der Waals surface area contributed by atoms with E-state index in [0.29, 0.717) is 44.3 Å². The smallest absolute Gasteiger partial charge is 0.255 e. The van der Waals surface area contributed by atoms with E-state index in [1.807, 2.05) is 67.6 Å². The van der Waals surface area contributed by atoms with E-state index < -0.39 is 6.04 Å². The zero-order chi connectivity index (χ0) is 24.5. The van der Waals surface area contributed by atoms with Crippen LogP contribution in [0.3, 0.4) is 0 Å². The van der Waals surface area contributed by atoms with Crippen LogP contribution in [0.2, 0.25) is 10.0 Å². The molecule has 2 N–H and O–H groups in total. The second-order valence-electron chi connectivity index (χ2n) is 7.96. The first-order chi connectivity index (χ1) is 17.0. The molecule has 0 spiro atoms. The van der Waals surface area contributed by atoms with Gasteiger partial charge >= 0.3 is 0 Å². The highest BCUT2D eigenvalue weighted by Gasteiger charge is 2.36. The number of allylic oxidation sites excluding steroid dienone is 1. The number of benzene rings is 3. The number of nitrogens with zero attached hydrogens (tertiary/aromatic N) is 3. The lowest BCUT2D eigenvalue weighted by molar-refractivity contribution is -0.113. The number of fused-ring (bicyclic) bond motifs is 1. The lowest BCUT2D eigenvalue weighted by Crippen LogP contribution is -2.31. The van der Waals surface area contributed by atoms with Gasteiger partial charge in [-0.15, -0.1) is 5.10 Å². The largest absolute Gasteiger partial charge is 0.497 e. The summed E-state index contributed by atoms with van der Waals surface area (Å²) in [5.74, 6) is 1.44. The number of hydrogen-bond acceptors (Lipinski definition) is 5. The molecule has 0 fully saturated rings. The first-order valence-corrected chi connectivity index (χ1v) is 11.6. The molecule has 0 saturated carbocycles. The van der Waals surface area contributed by atoms with Crippen molar-refractivity contribution in [2.24, 2.45) is 0 Å². The molecule has 1 unspecified atom stereocenters. The van der Waals surface area contributed by atoms with Crippen molar-refractivity contribution < 1.29 is 9.53 Å². The molecule has 0 aliphatic carbocycles. The minimum atomic E-state index is -0.652. The van der Waals surface area contributed by atoms with Gasteiger partial charge in [-0.25, -0.2) is 4.68 Å². The van der Waals surface area contributed by atoms with Crippen LogP contribution in [0.5, 0.6) is 5.75 Å². The minimum Gasteiger partial charge on any atom is -0.497 e. The normalized spacial score (nSPS) is 14.8. The number of aromatic nitrogens is 3. The Labute approximate surface area is 212 Å². The van der Waals surface area contributed by atoms with Crippen molar-refractivity contribution in [1.82, 2.24) is 14.8 Å². The number of para-hydroxylation sites is 1. The Balaban J connectivity index is 1.62.